The van der Waals surface area contributed by atoms with E-state index in [0.717, 1.165) is 37.7 Å². The Bertz CT molecular complexity index is 1250. The van der Waals surface area contributed by atoms with Crippen molar-refractivity contribution in [2.75, 3.05) is 4.90 Å². The van der Waals surface area contributed by atoms with Crippen LogP contribution in [0.4, 0.5) is 10.1 Å². The van der Waals surface area contributed by atoms with E-state index in [1.54, 1.807) is 29.8 Å². The Balaban J connectivity index is 1.54. The molecule has 182 valence electrons. The summed E-state index contributed by atoms with van der Waals surface area (Å²) < 4.78 is 15.8. The number of fused-ring (bicyclic) bond motifs is 1. The van der Waals surface area contributed by atoms with E-state index < -0.39 is 11.4 Å². The van der Waals surface area contributed by atoms with Gasteiger partial charge in [-0.2, -0.15) is 5.10 Å². The normalized spacial score (nSPS) is 20.5. The predicted molar refractivity (Wildman–Crippen MR) is 134 cm³/mol. The van der Waals surface area contributed by atoms with Gasteiger partial charge < -0.3 is 5.32 Å². The van der Waals surface area contributed by atoms with Crippen molar-refractivity contribution in [3.63, 3.8) is 0 Å². The highest BCUT2D eigenvalue weighted by Crippen LogP contribution is 2.35. The van der Waals surface area contributed by atoms with E-state index in [0.29, 0.717) is 17.1 Å². The van der Waals surface area contributed by atoms with E-state index in [-0.39, 0.29) is 24.4 Å². The van der Waals surface area contributed by atoms with Gasteiger partial charge in [-0.25, -0.2) is 4.39 Å². The van der Waals surface area contributed by atoms with Crippen LogP contribution in [0.25, 0.3) is 11.3 Å². The maximum atomic E-state index is 14.2. The minimum absolute atomic E-state index is 0.0872. The smallest absolute Gasteiger partial charge is 0.277 e. The van der Waals surface area contributed by atoms with Crippen molar-refractivity contribution >= 4 is 17.5 Å². The first-order chi connectivity index (χ1) is 16.9. The van der Waals surface area contributed by atoms with Crippen LogP contribution in [0.3, 0.4) is 0 Å². The molecule has 1 fully saturated rings. The van der Waals surface area contributed by atoms with Crippen molar-refractivity contribution in [2.45, 2.75) is 70.5 Å². The lowest BCUT2D eigenvalue weighted by molar-refractivity contribution is -0.127. The molecule has 2 heterocycles. The number of aryl methyl sites for hydroxylation is 1. The number of nitrogens with one attached hydrogen (secondary N) is 1. The van der Waals surface area contributed by atoms with Crippen molar-refractivity contribution < 1.29 is 14.0 Å². The molecule has 3 aromatic rings. The van der Waals surface area contributed by atoms with Crippen LogP contribution in [-0.4, -0.2) is 33.2 Å². The summed E-state index contributed by atoms with van der Waals surface area (Å²) in [6.45, 7) is 4.02. The number of carbonyl (C=O) groups is 2. The van der Waals surface area contributed by atoms with Crippen molar-refractivity contribution in [1.82, 2.24) is 15.1 Å². The number of carbonyl (C=O) groups excluding carboxylic acids is 2. The summed E-state index contributed by atoms with van der Waals surface area (Å²) in [5.74, 6) is -1.06. The third-order valence-corrected chi connectivity index (χ3v) is 7.31. The van der Waals surface area contributed by atoms with Gasteiger partial charge in [0.2, 0.25) is 5.91 Å². The third kappa shape index (κ3) is 4.35. The largest absolute Gasteiger partial charge is 0.351 e. The number of benzene rings is 2. The Morgan fingerprint density at radius 2 is 1.86 bits per heavy atom. The summed E-state index contributed by atoms with van der Waals surface area (Å²) in [6.07, 6.45) is 6.14. The minimum Gasteiger partial charge on any atom is -0.351 e. The summed E-state index contributed by atoms with van der Waals surface area (Å²) in [5, 5.41) is 7.89. The molecule has 0 radical (unpaired) electrons. The Morgan fingerprint density at radius 3 is 2.54 bits per heavy atom. The quantitative estimate of drug-likeness (QED) is 0.558. The Hall–Kier alpha value is -3.48. The maximum Gasteiger partial charge on any atom is 0.277 e. The lowest BCUT2D eigenvalue weighted by Gasteiger charge is -2.44. The topological polar surface area (TPSA) is 67.2 Å². The van der Waals surface area contributed by atoms with Crippen LogP contribution in [0.5, 0.6) is 0 Å². The maximum absolute atomic E-state index is 14.2. The van der Waals surface area contributed by atoms with E-state index >= 15 is 0 Å². The van der Waals surface area contributed by atoms with Crippen molar-refractivity contribution in [3.05, 3.63) is 71.7 Å². The summed E-state index contributed by atoms with van der Waals surface area (Å²) in [4.78, 5) is 29.0. The fourth-order valence-electron chi connectivity index (χ4n) is 5.24. The number of rotatable bonds is 5. The van der Waals surface area contributed by atoms with Crippen LogP contribution in [0.1, 0.15) is 62.0 Å². The zero-order valence-electron chi connectivity index (χ0n) is 20.3. The van der Waals surface area contributed by atoms with Crippen molar-refractivity contribution in [1.29, 1.82) is 0 Å². The van der Waals surface area contributed by atoms with Crippen LogP contribution in [0, 0.1) is 5.82 Å². The van der Waals surface area contributed by atoms with Crippen LogP contribution in [-0.2, 0) is 17.8 Å². The second-order valence-electron chi connectivity index (χ2n) is 9.83. The molecule has 1 atom stereocenters. The fraction of sp³-hybridized carbons (Fsp3) is 0.393. The third-order valence-electron chi connectivity index (χ3n) is 7.31. The van der Waals surface area contributed by atoms with Crippen LogP contribution in [0.2, 0.25) is 0 Å². The Labute approximate surface area is 205 Å². The first-order valence-corrected chi connectivity index (χ1v) is 12.5. The molecule has 5 rings (SSSR count). The molecular formula is C28H31FN4O2. The lowest BCUT2D eigenvalue weighted by Crippen LogP contribution is -2.65. The van der Waals surface area contributed by atoms with Crippen LogP contribution >= 0.6 is 0 Å². The van der Waals surface area contributed by atoms with Gasteiger partial charge in [0.25, 0.3) is 5.91 Å². The number of aromatic nitrogens is 2. The number of hydrogen-bond donors (Lipinski definition) is 1. The second kappa shape index (κ2) is 9.29. The Kier molecular flexibility index (Phi) is 6.17. The molecule has 6 nitrogen and oxygen atoms in total. The highest BCUT2D eigenvalue weighted by molar-refractivity contribution is 6.12. The summed E-state index contributed by atoms with van der Waals surface area (Å²) in [7, 11) is 0. The summed E-state index contributed by atoms with van der Waals surface area (Å²) in [5.41, 5.74) is 2.28. The first kappa shape index (κ1) is 23.3. The predicted octanol–water partition coefficient (Wildman–Crippen LogP) is 5.12. The van der Waals surface area contributed by atoms with E-state index in [1.165, 1.54) is 29.0 Å². The molecule has 2 aliphatic rings. The highest BCUT2D eigenvalue weighted by Gasteiger charge is 2.49. The number of halogens is 1. The minimum atomic E-state index is -1.26. The van der Waals surface area contributed by atoms with Gasteiger partial charge in [-0.05, 0) is 56.0 Å². The van der Waals surface area contributed by atoms with Gasteiger partial charge in [0.1, 0.15) is 17.1 Å². The second-order valence-corrected chi connectivity index (χ2v) is 9.83. The van der Waals surface area contributed by atoms with Crippen LogP contribution in [0.15, 0.2) is 54.6 Å². The van der Waals surface area contributed by atoms with Gasteiger partial charge in [-0.1, -0.05) is 56.5 Å². The van der Waals surface area contributed by atoms with Crippen LogP contribution < -0.4 is 10.2 Å². The molecule has 0 saturated heterocycles. The molecular weight excluding hydrogens is 443 g/mol. The van der Waals surface area contributed by atoms with Gasteiger partial charge >= 0.3 is 0 Å². The van der Waals surface area contributed by atoms with Crippen molar-refractivity contribution in [3.8, 4) is 11.3 Å². The zero-order chi connectivity index (χ0) is 24.6. The van der Waals surface area contributed by atoms with E-state index in [2.05, 4.69) is 24.4 Å². The molecule has 35 heavy (non-hydrogen) atoms. The molecule has 0 spiro atoms. The summed E-state index contributed by atoms with van der Waals surface area (Å²) in [6, 6.07) is 15.8. The van der Waals surface area contributed by atoms with E-state index in [1.807, 2.05) is 12.1 Å². The molecule has 2 amide bonds. The van der Waals surface area contributed by atoms with Gasteiger partial charge in [-0.15, -0.1) is 0 Å². The average Bonchev–Trinajstić information content (AvgIpc) is 3.29. The fourth-order valence-corrected chi connectivity index (χ4v) is 5.24. The van der Waals surface area contributed by atoms with E-state index in [9.17, 15) is 14.0 Å². The molecule has 1 aliphatic carbocycles. The zero-order valence-corrected chi connectivity index (χ0v) is 20.3. The lowest BCUT2D eigenvalue weighted by atomic mass is 9.91. The number of nitrogens with zero attached hydrogens (tertiary/aromatic N) is 3. The average molecular weight is 475 g/mol. The summed E-state index contributed by atoms with van der Waals surface area (Å²) >= 11 is 0. The van der Waals surface area contributed by atoms with Gasteiger partial charge in [0.15, 0.2) is 0 Å². The standard InChI is InChI=1S/C28H31FN4O2/c1-3-19-12-14-20(15-13-19)24-17-25-26(34)33(23-11-7-8-21(29)16-23)28(2,18-32(25)31-24)27(35)30-22-9-5-4-6-10-22/h7-8,11-17,22H,3-6,9-10,18H2,1-2H3,(H,30,35)/t28-/m1/s1. The monoisotopic (exact) mass is 474 g/mol. The highest BCUT2D eigenvalue weighted by atomic mass is 19.1. The SMILES string of the molecule is CCc1ccc(-c2cc3n(n2)C[C@](C)(C(=O)NC2CCCCC2)N(c2cccc(F)c2)C3=O)cc1. The molecule has 1 aromatic heterocycles. The number of hydrogen-bond acceptors (Lipinski definition) is 3. The van der Waals surface area contributed by atoms with Gasteiger partial charge in [0, 0.05) is 17.3 Å². The molecule has 1 N–H and O–H groups in total. The van der Waals surface area contributed by atoms with Crippen molar-refractivity contribution in [2.24, 2.45) is 0 Å². The molecule has 1 aliphatic heterocycles. The molecule has 7 heteroatoms. The molecule has 2 aromatic carbocycles. The number of anilines is 1. The Morgan fingerprint density at radius 1 is 1.11 bits per heavy atom. The number of amides is 2. The van der Waals surface area contributed by atoms with Gasteiger partial charge in [-0.3, -0.25) is 19.2 Å². The molecule has 1 saturated carbocycles. The van der Waals surface area contributed by atoms with E-state index in [4.69, 9.17) is 5.10 Å². The first-order valence-electron chi connectivity index (χ1n) is 12.5. The molecule has 0 bridgehead atoms. The molecule has 0 unspecified atom stereocenters. The van der Waals surface area contributed by atoms with Gasteiger partial charge in [0.05, 0.1) is 12.2 Å².